The third kappa shape index (κ3) is 3.50. The van der Waals surface area contributed by atoms with Gasteiger partial charge in [0.1, 0.15) is 5.76 Å². The molecule has 1 aromatic heterocycles. The van der Waals surface area contributed by atoms with Crippen LogP contribution in [0.5, 0.6) is 0 Å². The van der Waals surface area contributed by atoms with Crippen LogP contribution in [0.15, 0.2) is 34.9 Å². The number of amides is 1. The maximum atomic E-state index is 13.0. The van der Waals surface area contributed by atoms with E-state index in [2.05, 4.69) is 5.16 Å². The van der Waals surface area contributed by atoms with Crippen molar-refractivity contribution >= 4 is 11.7 Å². The monoisotopic (exact) mass is 340 g/mol. The van der Waals surface area contributed by atoms with Crippen LogP contribution in [-0.4, -0.2) is 34.3 Å². The minimum absolute atomic E-state index is 0.0249. The van der Waals surface area contributed by atoms with E-state index in [-0.39, 0.29) is 23.7 Å². The van der Waals surface area contributed by atoms with E-state index in [0.717, 1.165) is 24.1 Å². The van der Waals surface area contributed by atoms with Crippen molar-refractivity contribution in [2.45, 2.75) is 52.0 Å². The lowest BCUT2D eigenvalue weighted by Crippen LogP contribution is -2.39. The van der Waals surface area contributed by atoms with Crippen LogP contribution in [-0.2, 0) is 4.79 Å². The molecule has 0 saturated carbocycles. The second-order valence-electron chi connectivity index (χ2n) is 6.78. The fourth-order valence-corrected chi connectivity index (χ4v) is 3.77. The number of hydrogen-bond acceptors (Lipinski definition) is 4. The van der Waals surface area contributed by atoms with Gasteiger partial charge in [-0.3, -0.25) is 9.59 Å². The van der Waals surface area contributed by atoms with Gasteiger partial charge in [-0.1, -0.05) is 35.5 Å². The van der Waals surface area contributed by atoms with Gasteiger partial charge in [-0.05, 0) is 33.6 Å². The highest BCUT2D eigenvalue weighted by molar-refractivity contribution is 5.96. The summed E-state index contributed by atoms with van der Waals surface area (Å²) in [4.78, 5) is 27.4. The molecule has 2 heterocycles. The molecule has 5 nitrogen and oxygen atoms in total. The zero-order valence-electron chi connectivity index (χ0n) is 15.0. The minimum atomic E-state index is -0.307. The predicted octanol–water partition coefficient (Wildman–Crippen LogP) is 3.66. The van der Waals surface area contributed by atoms with Crippen molar-refractivity contribution in [1.82, 2.24) is 10.1 Å². The molecular formula is C20H24N2O3. The Hall–Kier alpha value is -2.43. The molecule has 2 atom stereocenters. The van der Waals surface area contributed by atoms with Gasteiger partial charge in [-0.2, -0.15) is 0 Å². The number of aryl methyl sites for hydroxylation is 2. The molecule has 3 rings (SSSR count). The Morgan fingerprint density at radius 2 is 2.00 bits per heavy atom. The van der Waals surface area contributed by atoms with Crippen molar-refractivity contribution in [3.8, 4) is 0 Å². The van der Waals surface area contributed by atoms with Gasteiger partial charge in [0.05, 0.1) is 11.6 Å². The van der Waals surface area contributed by atoms with E-state index >= 15 is 0 Å². The summed E-state index contributed by atoms with van der Waals surface area (Å²) < 4.78 is 5.20. The van der Waals surface area contributed by atoms with Crippen LogP contribution >= 0.6 is 0 Å². The fraction of sp³-hybridized carbons (Fsp3) is 0.450. The van der Waals surface area contributed by atoms with Gasteiger partial charge in [0, 0.05) is 30.1 Å². The van der Waals surface area contributed by atoms with Crippen molar-refractivity contribution in [3.05, 3.63) is 52.9 Å². The van der Waals surface area contributed by atoms with E-state index in [1.165, 1.54) is 0 Å². The van der Waals surface area contributed by atoms with Gasteiger partial charge in [0.15, 0.2) is 5.78 Å². The molecule has 132 valence electrons. The minimum Gasteiger partial charge on any atom is -0.361 e. The van der Waals surface area contributed by atoms with Gasteiger partial charge in [0.2, 0.25) is 5.91 Å². The topological polar surface area (TPSA) is 63.4 Å². The van der Waals surface area contributed by atoms with Gasteiger partial charge in [0.25, 0.3) is 0 Å². The van der Waals surface area contributed by atoms with Gasteiger partial charge >= 0.3 is 0 Å². The third-order valence-electron chi connectivity index (χ3n) is 5.07. The molecule has 0 unspecified atom stereocenters. The number of carbonyl (C=O) groups is 2. The summed E-state index contributed by atoms with van der Waals surface area (Å²) in [5, 5.41) is 3.95. The zero-order chi connectivity index (χ0) is 18.0. The fourth-order valence-electron chi connectivity index (χ4n) is 3.77. The van der Waals surface area contributed by atoms with Crippen molar-refractivity contribution in [2.24, 2.45) is 0 Å². The highest BCUT2D eigenvalue weighted by atomic mass is 16.5. The Morgan fingerprint density at radius 3 is 2.64 bits per heavy atom. The van der Waals surface area contributed by atoms with Gasteiger partial charge < -0.3 is 9.42 Å². The number of benzene rings is 1. The standard InChI is InChI=1S/C20H24N2O3/c1-13(19-14(2)21-25-15(19)3)20(24)22-11-7-10-17(22)12-18(23)16-8-5-4-6-9-16/h4-6,8-9,13,17H,7,10-12H2,1-3H3/t13-,17-/m1/s1. The molecule has 1 amide bonds. The van der Waals surface area contributed by atoms with E-state index in [0.29, 0.717) is 24.3 Å². The Balaban J connectivity index is 1.73. The normalized spacial score (nSPS) is 18.4. The molecule has 1 fully saturated rings. The second-order valence-corrected chi connectivity index (χ2v) is 6.78. The lowest BCUT2D eigenvalue weighted by molar-refractivity contribution is -0.133. The quantitative estimate of drug-likeness (QED) is 0.779. The zero-order valence-corrected chi connectivity index (χ0v) is 15.0. The Labute approximate surface area is 148 Å². The third-order valence-corrected chi connectivity index (χ3v) is 5.07. The van der Waals surface area contributed by atoms with Crippen LogP contribution < -0.4 is 0 Å². The first kappa shape index (κ1) is 17.4. The molecule has 0 aliphatic carbocycles. The van der Waals surface area contributed by atoms with Gasteiger partial charge in [-0.25, -0.2) is 0 Å². The molecule has 1 aromatic carbocycles. The highest BCUT2D eigenvalue weighted by Crippen LogP contribution is 2.30. The van der Waals surface area contributed by atoms with E-state index in [1.807, 2.05) is 56.0 Å². The van der Waals surface area contributed by atoms with E-state index < -0.39 is 0 Å². The van der Waals surface area contributed by atoms with Crippen LogP contribution in [0.1, 0.15) is 59.5 Å². The number of carbonyl (C=O) groups excluding carboxylic acids is 2. The van der Waals surface area contributed by atoms with E-state index in [1.54, 1.807) is 0 Å². The first-order valence-corrected chi connectivity index (χ1v) is 8.80. The smallest absolute Gasteiger partial charge is 0.230 e. The first-order chi connectivity index (χ1) is 12.0. The summed E-state index contributed by atoms with van der Waals surface area (Å²) in [6, 6.07) is 9.26. The second kappa shape index (κ2) is 7.21. The number of hydrogen-bond donors (Lipinski definition) is 0. The largest absolute Gasteiger partial charge is 0.361 e. The Kier molecular flexibility index (Phi) is 5.02. The molecule has 1 aliphatic rings. The van der Waals surface area contributed by atoms with Crippen molar-refractivity contribution < 1.29 is 14.1 Å². The van der Waals surface area contributed by atoms with Crippen molar-refractivity contribution in [2.75, 3.05) is 6.54 Å². The summed E-state index contributed by atoms with van der Waals surface area (Å²) in [6.45, 7) is 6.29. The summed E-state index contributed by atoms with van der Waals surface area (Å²) in [5.41, 5.74) is 2.33. The molecule has 1 aliphatic heterocycles. The summed E-state index contributed by atoms with van der Waals surface area (Å²) in [6.07, 6.45) is 2.19. The molecule has 0 radical (unpaired) electrons. The number of ketones is 1. The van der Waals surface area contributed by atoms with Crippen LogP contribution in [0, 0.1) is 13.8 Å². The number of Topliss-reactive ketones (excluding diaryl/α,β-unsaturated/α-hetero) is 1. The lowest BCUT2D eigenvalue weighted by atomic mass is 9.96. The van der Waals surface area contributed by atoms with E-state index in [4.69, 9.17) is 4.52 Å². The summed E-state index contributed by atoms with van der Waals surface area (Å²) >= 11 is 0. The van der Waals surface area contributed by atoms with Crippen LogP contribution in [0.25, 0.3) is 0 Å². The molecule has 2 aromatic rings. The molecule has 0 N–H and O–H groups in total. The number of nitrogens with zero attached hydrogens (tertiary/aromatic N) is 2. The molecule has 5 heteroatoms. The predicted molar refractivity (Wildman–Crippen MR) is 94.5 cm³/mol. The molecular weight excluding hydrogens is 316 g/mol. The van der Waals surface area contributed by atoms with Crippen LogP contribution in [0.3, 0.4) is 0 Å². The molecule has 0 bridgehead atoms. The van der Waals surface area contributed by atoms with Gasteiger partial charge in [-0.15, -0.1) is 0 Å². The Morgan fingerprint density at radius 1 is 1.28 bits per heavy atom. The Bertz CT molecular complexity index is 747. The average molecular weight is 340 g/mol. The SMILES string of the molecule is Cc1noc(C)c1[C@@H](C)C(=O)N1CCC[C@@H]1CC(=O)c1ccccc1. The molecule has 1 saturated heterocycles. The molecule has 25 heavy (non-hydrogen) atoms. The van der Waals surface area contributed by atoms with Crippen LogP contribution in [0.4, 0.5) is 0 Å². The van der Waals surface area contributed by atoms with Crippen molar-refractivity contribution in [1.29, 1.82) is 0 Å². The van der Waals surface area contributed by atoms with Crippen molar-refractivity contribution in [3.63, 3.8) is 0 Å². The average Bonchev–Trinajstić information content (AvgIpc) is 3.21. The maximum Gasteiger partial charge on any atom is 0.230 e. The molecule has 0 spiro atoms. The maximum absolute atomic E-state index is 13.0. The number of aromatic nitrogens is 1. The number of rotatable bonds is 5. The lowest BCUT2D eigenvalue weighted by Gasteiger charge is -2.27. The van der Waals surface area contributed by atoms with E-state index in [9.17, 15) is 9.59 Å². The first-order valence-electron chi connectivity index (χ1n) is 8.80. The highest BCUT2D eigenvalue weighted by Gasteiger charge is 2.35. The summed E-state index contributed by atoms with van der Waals surface area (Å²) in [7, 11) is 0. The number of likely N-dealkylation sites (tertiary alicyclic amines) is 1. The van der Waals surface area contributed by atoms with Crippen LogP contribution in [0.2, 0.25) is 0 Å². The summed E-state index contributed by atoms with van der Waals surface area (Å²) in [5.74, 6) is 0.529.